The molecule has 0 radical (unpaired) electrons. The average molecular weight is 373 g/mol. The highest BCUT2D eigenvalue weighted by atomic mass is 16.5. The number of fused-ring (bicyclic) bond motifs is 1. The fraction of sp³-hybridized carbons (Fsp3) is 0.292. The number of aromatic hydroxyl groups is 1. The highest BCUT2D eigenvalue weighted by Gasteiger charge is 2.33. The van der Waals surface area contributed by atoms with Crippen molar-refractivity contribution in [2.75, 3.05) is 18.0 Å². The fourth-order valence-corrected chi connectivity index (χ4v) is 4.68. The maximum absolute atomic E-state index is 12.5. The molecule has 0 saturated carbocycles. The van der Waals surface area contributed by atoms with Gasteiger partial charge in [-0.1, -0.05) is 30.3 Å². The molecule has 28 heavy (non-hydrogen) atoms. The minimum absolute atomic E-state index is 0.105. The molecule has 2 aliphatic rings. The minimum Gasteiger partial charge on any atom is -0.507 e. The number of benzene rings is 3. The molecular weight excluding hydrogens is 350 g/mol. The third kappa shape index (κ3) is 2.63. The lowest BCUT2D eigenvalue weighted by atomic mass is 9.87. The molecule has 0 spiro atoms. The van der Waals surface area contributed by atoms with E-state index in [1.807, 2.05) is 36.4 Å². The lowest BCUT2D eigenvalue weighted by Crippen LogP contribution is -2.35. The second kappa shape index (κ2) is 6.55. The van der Waals surface area contributed by atoms with Crippen molar-refractivity contribution in [2.24, 2.45) is 0 Å². The molecule has 4 heteroatoms. The molecule has 5 rings (SSSR count). The first-order valence-electron chi connectivity index (χ1n) is 9.96. The Bertz CT molecular complexity index is 1100. The van der Waals surface area contributed by atoms with E-state index in [9.17, 15) is 9.90 Å². The van der Waals surface area contributed by atoms with E-state index in [4.69, 9.17) is 4.74 Å². The van der Waals surface area contributed by atoms with Crippen molar-refractivity contribution in [3.8, 4) is 17.2 Å². The smallest absolute Gasteiger partial charge is 0.167 e. The number of ether oxygens (including phenoxy) is 1. The van der Waals surface area contributed by atoms with Gasteiger partial charge in [-0.2, -0.15) is 0 Å². The molecule has 2 aliphatic heterocycles. The molecule has 3 aromatic rings. The molecule has 2 heterocycles. The first-order chi connectivity index (χ1) is 13.6. The Morgan fingerprint density at radius 3 is 2.46 bits per heavy atom. The molecule has 1 N–H and O–H groups in total. The highest BCUT2D eigenvalue weighted by molar-refractivity contribution is 6.02. The summed E-state index contributed by atoms with van der Waals surface area (Å²) in [6.45, 7) is 3.49. The van der Waals surface area contributed by atoms with E-state index >= 15 is 0 Å². The van der Waals surface area contributed by atoms with Crippen LogP contribution in [0.2, 0.25) is 0 Å². The number of hydrogen-bond acceptors (Lipinski definition) is 4. The predicted octanol–water partition coefficient (Wildman–Crippen LogP) is 5.24. The number of Topliss-reactive ketones (excluding diaryl/α,β-unsaturated/α-hetero) is 1. The molecule has 142 valence electrons. The summed E-state index contributed by atoms with van der Waals surface area (Å²) in [5.41, 5.74) is 3.40. The Morgan fingerprint density at radius 2 is 1.71 bits per heavy atom. The monoisotopic (exact) mass is 373 g/mol. The van der Waals surface area contributed by atoms with Gasteiger partial charge in [0.1, 0.15) is 22.8 Å². The van der Waals surface area contributed by atoms with Gasteiger partial charge in [-0.05, 0) is 55.5 Å². The van der Waals surface area contributed by atoms with Crippen molar-refractivity contribution in [1.29, 1.82) is 0 Å². The van der Waals surface area contributed by atoms with E-state index in [2.05, 4.69) is 11.0 Å². The third-order valence-corrected chi connectivity index (χ3v) is 5.91. The van der Waals surface area contributed by atoms with Crippen LogP contribution in [0.15, 0.2) is 42.5 Å². The number of carbonyl (C=O) groups is 1. The number of phenolic OH excluding ortho intramolecular Hbond substituents is 1. The van der Waals surface area contributed by atoms with Crippen molar-refractivity contribution >= 4 is 22.2 Å². The quantitative estimate of drug-likeness (QED) is 0.638. The first kappa shape index (κ1) is 17.1. The Balaban J connectivity index is 1.70. The van der Waals surface area contributed by atoms with Crippen LogP contribution in [0.4, 0.5) is 5.69 Å². The van der Waals surface area contributed by atoms with Gasteiger partial charge in [0.25, 0.3) is 0 Å². The van der Waals surface area contributed by atoms with E-state index < -0.39 is 0 Å². The van der Waals surface area contributed by atoms with Gasteiger partial charge in [0.2, 0.25) is 0 Å². The summed E-state index contributed by atoms with van der Waals surface area (Å²) in [6, 6.07) is 14.1. The molecule has 3 aromatic carbocycles. The largest absolute Gasteiger partial charge is 0.507 e. The number of ketones is 1. The van der Waals surface area contributed by atoms with Crippen LogP contribution in [-0.2, 0) is 12.8 Å². The van der Waals surface area contributed by atoms with Gasteiger partial charge in [-0.15, -0.1) is 0 Å². The van der Waals surface area contributed by atoms with Crippen LogP contribution in [0.5, 0.6) is 17.2 Å². The summed E-state index contributed by atoms with van der Waals surface area (Å²) in [5.74, 6) is 1.17. The van der Waals surface area contributed by atoms with E-state index in [0.29, 0.717) is 17.1 Å². The molecule has 0 unspecified atom stereocenters. The molecule has 0 saturated heterocycles. The highest BCUT2D eigenvalue weighted by Crippen LogP contribution is 2.49. The summed E-state index contributed by atoms with van der Waals surface area (Å²) in [6.07, 6.45) is 3.70. The molecule has 4 nitrogen and oxygen atoms in total. The van der Waals surface area contributed by atoms with Crippen molar-refractivity contribution in [1.82, 2.24) is 0 Å². The predicted molar refractivity (Wildman–Crippen MR) is 111 cm³/mol. The van der Waals surface area contributed by atoms with Gasteiger partial charge in [0, 0.05) is 24.2 Å². The van der Waals surface area contributed by atoms with Gasteiger partial charge in [-0.25, -0.2) is 0 Å². The second-order valence-corrected chi connectivity index (χ2v) is 7.72. The third-order valence-electron chi connectivity index (χ3n) is 5.91. The number of carbonyl (C=O) groups excluding carboxylic acids is 1. The standard InChI is InChI=1S/C24H23NO3/c1-15(26)21-23(27)19-8-4-12-25-13-5-9-20(22(19)25)24(21)28-18-11-10-16-6-2-3-7-17(16)14-18/h2-3,6-7,10-11,14,27H,4-5,8-9,12-13H2,1H3. The summed E-state index contributed by atoms with van der Waals surface area (Å²) < 4.78 is 6.32. The lowest BCUT2D eigenvalue weighted by Gasteiger charge is -2.38. The Morgan fingerprint density at radius 1 is 1.00 bits per heavy atom. The number of anilines is 1. The number of phenols is 1. The molecule has 0 aliphatic carbocycles. The fourth-order valence-electron chi connectivity index (χ4n) is 4.68. The van der Waals surface area contributed by atoms with E-state index in [1.165, 1.54) is 6.92 Å². The normalized spacial score (nSPS) is 15.4. The van der Waals surface area contributed by atoms with E-state index in [0.717, 1.165) is 66.4 Å². The zero-order valence-corrected chi connectivity index (χ0v) is 16.0. The molecule has 0 aromatic heterocycles. The summed E-state index contributed by atoms with van der Waals surface area (Å²) in [7, 11) is 0. The number of rotatable bonds is 3. The van der Waals surface area contributed by atoms with E-state index in [-0.39, 0.29) is 11.5 Å². The van der Waals surface area contributed by atoms with Crippen LogP contribution in [0.1, 0.15) is 41.3 Å². The van der Waals surface area contributed by atoms with Crippen LogP contribution < -0.4 is 9.64 Å². The van der Waals surface area contributed by atoms with Gasteiger partial charge in [0.15, 0.2) is 5.78 Å². The Labute approximate surface area is 164 Å². The molecule has 0 bridgehead atoms. The average Bonchev–Trinajstić information content (AvgIpc) is 2.71. The summed E-state index contributed by atoms with van der Waals surface area (Å²) in [5, 5.41) is 13.2. The van der Waals surface area contributed by atoms with Crippen LogP contribution >= 0.6 is 0 Å². The maximum Gasteiger partial charge on any atom is 0.167 e. The lowest BCUT2D eigenvalue weighted by molar-refractivity contribution is 0.101. The van der Waals surface area contributed by atoms with Crippen molar-refractivity contribution in [2.45, 2.75) is 32.6 Å². The minimum atomic E-state index is -0.157. The second-order valence-electron chi connectivity index (χ2n) is 7.72. The molecule has 0 atom stereocenters. The van der Waals surface area contributed by atoms with Crippen molar-refractivity contribution in [3.05, 3.63) is 59.2 Å². The van der Waals surface area contributed by atoms with E-state index in [1.54, 1.807) is 0 Å². The van der Waals surface area contributed by atoms with Crippen LogP contribution in [0, 0.1) is 0 Å². The Kier molecular flexibility index (Phi) is 4.00. The summed E-state index contributed by atoms with van der Waals surface area (Å²) >= 11 is 0. The summed E-state index contributed by atoms with van der Waals surface area (Å²) in [4.78, 5) is 14.8. The Hall–Kier alpha value is -3.01. The van der Waals surface area contributed by atoms with Crippen LogP contribution in [0.3, 0.4) is 0 Å². The number of hydrogen-bond donors (Lipinski definition) is 1. The molecule has 0 fully saturated rings. The van der Waals surface area contributed by atoms with Gasteiger partial charge in [-0.3, -0.25) is 4.79 Å². The van der Waals surface area contributed by atoms with Gasteiger partial charge < -0.3 is 14.7 Å². The molecular formula is C24H23NO3. The maximum atomic E-state index is 12.5. The van der Waals surface area contributed by atoms with Crippen LogP contribution in [-0.4, -0.2) is 24.0 Å². The van der Waals surface area contributed by atoms with Gasteiger partial charge in [0.05, 0.1) is 5.69 Å². The number of nitrogens with zero attached hydrogens (tertiary/aromatic N) is 1. The van der Waals surface area contributed by atoms with Crippen molar-refractivity contribution < 1.29 is 14.6 Å². The SMILES string of the molecule is CC(=O)c1c(O)c2c3c(c1Oc1ccc4ccccc4c1)CCCN3CCC2. The first-order valence-corrected chi connectivity index (χ1v) is 9.96. The van der Waals surface area contributed by atoms with Crippen molar-refractivity contribution in [3.63, 3.8) is 0 Å². The zero-order valence-electron chi connectivity index (χ0n) is 16.0. The molecule has 0 amide bonds. The van der Waals surface area contributed by atoms with Gasteiger partial charge >= 0.3 is 0 Å². The zero-order chi connectivity index (χ0) is 19.3. The van der Waals surface area contributed by atoms with Crippen LogP contribution in [0.25, 0.3) is 10.8 Å². The topological polar surface area (TPSA) is 49.8 Å².